The topological polar surface area (TPSA) is 12.9 Å². The Morgan fingerprint density at radius 2 is 1.59 bits per heavy atom. The molecule has 0 amide bonds. The minimum atomic E-state index is -1.39. The predicted octanol–water partition coefficient (Wildman–Crippen LogP) is 7.71. The van der Waals surface area contributed by atoms with Crippen LogP contribution in [0.3, 0.4) is 0 Å². The van der Waals surface area contributed by atoms with Crippen molar-refractivity contribution in [3.8, 4) is 11.3 Å². The van der Waals surface area contributed by atoms with Gasteiger partial charge in [-0.15, -0.1) is 11.3 Å². The summed E-state index contributed by atoms with van der Waals surface area (Å²) >= 11 is 1.97. The smallest absolute Gasteiger partial charge is 0.0794 e. The van der Waals surface area contributed by atoms with E-state index in [1.807, 2.05) is 17.5 Å². The van der Waals surface area contributed by atoms with Gasteiger partial charge in [0.25, 0.3) is 0 Å². The highest BCUT2D eigenvalue weighted by Crippen LogP contribution is 2.40. The van der Waals surface area contributed by atoms with Crippen LogP contribution in [0.2, 0.25) is 19.6 Å². The molecule has 1 aliphatic carbocycles. The van der Waals surface area contributed by atoms with E-state index >= 15 is 0 Å². The number of thiophene rings is 1. The number of fused-ring (bicyclic) bond motifs is 3. The maximum Gasteiger partial charge on any atom is 0.0794 e. The van der Waals surface area contributed by atoms with Crippen molar-refractivity contribution in [2.24, 2.45) is 0 Å². The first-order chi connectivity index (χ1) is 14.0. The van der Waals surface area contributed by atoms with Crippen LogP contribution in [0.1, 0.15) is 43.6 Å². The van der Waals surface area contributed by atoms with E-state index in [4.69, 9.17) is 4.98 Å². The van der Waals surface area contributed by atoms with Crippen LogP contribution in [0.25, 0.3) is 31.4 Å². The summed E-state index contributed by atoms with van der Waals surface area (Å²) in [5, 5.41) is 4.37. The van der Waals surface area contributed by atoms with Crippen LogP contribution in [0, 0.1) is 0 Å². The number of pyridine rings is 1. The molecule has 0 unspecified atom stereocenters. The summed E-state index contributed by atoms with van der Waals surface area (Å²) in [5.74, 6) is 0.714. The molecule has 1 aliphatic rings. The van der Waals surface area contributed by atoms with Crippen molar-refractivity contribution < 1.29 is 0 Å². The van der Waals surface area contributed by atoms with Crippen molar-refractivity contribution >= 4 is 44.8 Å². The Morgan fingerprint density at radius 1 is 0.862 bits per heavy atom. The normalized spacial score (nSPS) is 16.0. The van der Waals surface area contributed by atoms with Crippen molar-refractivity contribution in [1.82, 2.24) is 4.98 Å². The lowest BCUT2D eigenvalue weighted by atomic mass is 9.84. The Kier molecular flexibility index (Phi) is 4.83. The molecular formula is C26H29NSSi. The first-order valence-corrected chi connectivity index (χ1v) is 15.2. The van der Waals surface area contributed by atoms with Gasteiger partial charge < -0.3 is 0 Å². The zero-order chi connectivity index (χ0) is 20.0. The van der Waals surface area contributed by atoms with E-state index in [0.717, 1.165) is 5.69 Å². The minimum Gasteiger partial charge on any atom is -0.256 e. The van der Waals surface area contributed by atoms with Gasteiger partial charge in [-0.05, 0) is 41.6 Å². The lowest BCUT2D eigenvalue weighted by Gasteiger charge is -2.22. The third-order valence-electron chi connectivity index (χ3n) is 6.47. The summed E-state index contributed by atoms with van der Waals surface area (Å²) in [6.45, 7) is 7.34. The maximum atomic E-state index is 4.81. The van der Waals surface area contributed by atoms with Crippen molar-refractivity contribution in [2.45, 2.75) is 57.7 Å². The van der Waals surface area contributed by atoms with Gasteiger partial charge in [0.15, 0.2) is 0 Å². The molecule has 5 rings (SSSR count). The van der Waals surface area contributed by atoms with E-state index in [2.05, 4.69) is 68.2 Å². The summed E-state index contributed by atoms with van der Waals surface area (Å²) in [6.07, 6.45) is 8.82. The number of hydrogen-bond donors (Lipinski definition) is 0. The van der Waals surface area contributed by atoms with Crippen LogP contribution < -0.4 is 5.19 Å². The summed E-state index contributed by atoms with van der Waals surface area (Å²) < 4.78 is 2.87. The van der Waals surface area contributed by atoms with E-state index in [-0.39, 0.29) is 0 Å². The van der Waals surface area contributed by atoms with Gasteiger partial charge in [-0.2, -0.15) is 0 Å². The molecule has 0 saturated heterocycles. The van der Waals surface area contributed by atoms with Gasteiger partial charge in [0.05, 0.1) is 13.8 Å². The van der Waals surface area contributed by atoms with Crippen LogP contribution in [-0.4, -0.2) is 13.1 Å². The van der Waals surface area contributed by atoms with Gasteiger partial charge in [0.2, 0.25) is 0 Å². The van der Waals surface area contributed by atoms with Crippen LogP contribution in [-0.2, 0) is 0 Å². The zero-order valence-corrected chi connectivity index (χ0v) is 19.5. The number of rotatable bonds is 3. The quantitative estimate of drug-likeness (QED) is 0.312. The summed E-state index contributed by atoms with van der Waals surface area (Å²) in [4.78, 5) is 4.81. The van der Waals surface area contributed by atoms with Crippen molar-refractivity contribution in [1.29, 1.82) is 0 Å². The number of benzene rings is 2. The molecule has 0 atom stereocenters. The Balaban J connectivity index is 1.68. The number of nitrogens with zero attached hydrogens (tertiary/aromatic N) is 1. The third kappa shape index (κ3) is 3.45. The molecule has 2 heterocycles. The molecule has 0 spiro atoms. The second-order valence-electron chi connectivity index (χ2n) is 9.53. The highest BCUT2D eigenvalue weighted by molar-refractivity contribution is 7.28. The molecule has 2 aromatic carbocycles. The van der Waals surface area contributed by atoms with Gasteiger partial charge in [-0.3, -0.25) is 4.98 Å². The third-order valence-corrected chi connectivity index (χ3v) is 9.97. The maximum absolute atomic E-state index is 4.81. The van der Waals surface area contributed by atoms with Gasteiger partial charge in [-0.25, -0.2) is 0 Å². The molecule has 3 heteroatoms. The first kappa shape index (κ1) is 19.0. The molecule has 1 saturated carbocycles. The summed E-state index contributed by atoms with van der Waals surface area (Å²) in [6, 6.07) is 18.3. The molecule has 0 bridgehead atoms. The second-order valence-corrected chi connectivity index (χ2v) is 15.6. The van der Waals surface area contributed by atoms with E-state index in [0.29, 0.717) is 5.92 Å². The molecule has 4 aromatic rings. The van der Waals surface area contributed by atoms with E-state index in [9.17, 15) is 0 Å². The molecular weight excluding hydrogens is 386 g/mol. The SMILES string of the molecule is C[Si](C)(C)c1cccc2c1sc1c(-c3cc(C4CCCCC4)ccn3)cccc12. The number of aromatic nitrogens is 1. The average Bonchev–Trinajstić information content (AvgIpc) is 3.12. The Bertz CT molecular complexity index is 1180. The predicted molar refractivity (Wildman–Crippen MR) is 131 cm³/mol. The average molecular weight is 416 g/mol. The fraction of sp³-hybridized carbons (Fsp3) is 0.346. The van der Waals surface area contributed by atoms with E-state index < -0.39 is 8.07 Å². The van der Waals surface area contributed by atoms with Crippen molar-refractivity contribution in [3.05, 3.63) is 60.3 Å². The van der Waals surface area contributed by atoms with Crippen molar-refractivity contribution in [3.63, 3.8) is 0 Å². The highest BCUT2D eigenvalue weighted by atomic mass is 32.1. The molecule has 148 valence electrons. The Morgan fingerprint density at radius 3 is 2.34 bits per heavy atom. The van der Waals surface area contributed by atoms with Gasteiger partial charge in [0.1, 0.15) is 0 Å². The van der Waals surface area contributed by atoms with Crippen LogP contribution in [0.4, 0.5) is 0 Å². The van der Waals surface area contributed by atoms with Crippen LogP contribution in [0.5, 0.6) is 0 Å². The minimum absolute atomic E-state index is 0.714. The molecule has 29 heavy (non-hydrogen) atoms. The lowest BCUT2D eigenvalue weighted by Crippen LogP contribution is -2.37. The monoisotopic (exact) mass is 415 g/mol. The van der Waals surface area contributed by atoms with Gasteiger partial charge in [0, 0.05) is 31.9 Å². The number of hydrogen-bond acceptors (Lipinski definition) is 2. The van der Waals surface area contributed by atoms with E-state index in [1.54, 1.807) is 5.19 Å². The van der Waals surface area contributed by atoms with Gasteiger partial charge in [-0.1, -0.05) is 75.3 Å². The highest BCUT2D eigenvalue weighted by Gasteiger charge is 2.22. The van der Waals surface area contributed by atoms with Gasteiger partial charge >= 0.3 is 0 Å². The van der Waals surface area contributed by atoms with E-state index in [1.165, 1.54) is 63.4 Å². The largest absolute Gasteiger partial charge is 0.256 e. The standard InChI is InChI=1S/C26H29NSSi/c1-29(2,3)24-14-8-12-21-20-11-7-13-22(25(20)28-26(21)24)23-17-19(15-16-27-23)18-9-5-4-6-10-18/h7-8,11-18H,4-6,9-10H2,1-3H3. The molecule has 0 radical (unpaired) electrons. The summed E-state index contributed by atoms with van der Waals surface area (Å²) in [7, 11) is -1.39. The second kappa shape index (κ2) is 7.37. The molecule has 2 aromatic heterocycles. The zero-order valence-electron chi connectivity index (χ0n) is 17.7. The summed E-state index contributed by atoms with van der Waals surface area (Å²) in [5.41, 5.74) is 3.92. The van der Waals surface area contributed by atoms with Crippen LogP contribution in [0.15, 0.2) is 54.7 Å². The Labute approximate surface area is 178 Å². The fourth-order valence-electron chi connectivity index (χ4n) is 4.90. The molecule has 0 N–H and O–H groups in total. The Hall–Kier alpha value is -1.97. The first-order valence-electron chi connectivity index (χ1n) is 10.9. The van der Waals surface area contributed by atoms with Crippen molar-refractivity contribution in [2.75, 3.05) is 0 Å². The van der Waals surface area contributed by atoms with Crippen LogP contribution >= 0.6 is 11.3 Å². The molecule has 1 fully saturated rings. The molecule has 1 nitrogen and oxygen atoms in total. The fourth-order valence-corrected chi connectivity index (χ4v) is 8.62. The lowest BCUT2D eigenvalue weighted by molar-refractivity contribution is 0.443. The molecule has 0 aliphatic heterocycles.